The van der Waals surface area contributed by atoms with Crippen molar-refractivity contribution >= 4 is 17.3 Å². The Labute approximate surface area is 121 Å². The van der Waals surface area contributed by atoms with E-state index in [1.807, 2.05) is 18.2 Å². The van der Waals surface area contributed by atoms with Crippen LogP contribution in [0.1, 0.15) is 16.7 Å². The number of rotatable bonds is 2. The largest absolute Gasteiger partial charge is 0.379 e. The molecule has 104 valence electrons. The molecule has 0 saturated heterocycles. The van der Waals surface area contributed by atoms with Crippen molar-refractivity contribution in [1.82, 2.24) is 0 Å². The maximum atomic E-state index is 13.8. The van der Waals surface area contributed by atoms with Gasteiger partial charge >= 0.3 is 0 Å². The third-order valence-electron chi connectivity index (χ3n) is 3.71. The highest BCUT2D eigenvalue weighted by Gasteiger charge is 2.22. The third kappa shape index (κ3) is 2.50. The first kappa shape index (κ1) is 13.4. The van der Waals surface area contributed by atoms with Crippen molar-refractivity contribution in [2.24, 2.45) is 0 Å². The fourth-order valence-electron chi connectivity index (χ4n) is 2.67. The van der Waals surface area contributed by atoms with Gasteiger partial charge in [-0.15, -0.1) is 0 Å². The Bertz CT molecular complexity index is 670. The van der Waals surface area contributed by atoms with Gasteiger partial charge < -0.3 is 5.32 Å². The minimum Gasteiger partial charge on any atom is -0.379 e. The van der Waals surface area contributed by atoms with E-state index in [2.05, 4.69) is 5.32 Å². The lowest BCUT2D eigenvalue weighted by Gasteiger charge is -2.15. The van der Waals surface area contributed by atoms with Crippen LogP contribution in [-0.2, 0) is 12.8 Å². The SMILES string of the molecule is Cc1cc(F)c(NC2Cc3ccc(Cl)cc3C2)cc1F. The monoisotopic (exact) mass is 293 g/mol. The molecule has 0 aliphatic heterocycles. The predicted molar refractivity (Wildman–Crippen MR) is 77.4 cm³/mol. The van der Waals surface area contributed by atoms with E-state index in [0.717, 1.165) is 12.8 Å². The molecule has 1 atom stereocenters. The van der Waals surface area contributed by atoms with Crippen LogP contribution < -0.4 is 5.32 Å². The smallest absolute Gasteiger partial charge is 0.146 e. The molecule has 0 radical (unpaired) electrons. The molecule has 1 aliphatic rings. The Morgan fingerprint density at radius 1 is 1.05 bits per heavy atom. The summed E-state index contributed by atoms with van der Waals surface area (Å²) in [5.41, 5.74) is 2.91. The second kappa shape index (κ2) is 5.06. The standard InChI is InChI=1S/C16H14ClF2N/c1-9-4-15(19)16(8-14(9)18)20-13-6-10-2-3-12(17)5-11(10)7-13/h2-5,8,13,20H,6-7H2,1H3. The molecule has 1 aliphatic carbocycles. The molecular formula is C16H14ClF2N. The van der Waals surface area contributed by atoms with Gasteiger partial charge in [0.1, 0.15) is 11.6 Å². The van der Waals surface area contributed by atoms with Crippen LogP contribution in [-0.4, -0.2) is 6.04 Å². The lowest BCUT2D eigenvalue weighted by atomic mass is 10.1. The summed E-state index contributed by atoms with van der Waals surface area (Å²) in [4.78, 5) is 0. The Balaban J connectivity index is 1.80. The maximum Gasteiger partial charge on any atom is 0.146 e. The molecule has 1 nitrogen and oxygen atoms in total. The number of fused-ring (bicyclic) bond motifs is 1. The molecule has 1 N–H and O–H groups in total. The Morgan fingerprint density at radius 2 is 1.80 bits per heavy atom. The van der Waals surface area contributed by atoms with Gasteiger partial charge in [0.05, 0.1) is 5.69 Å². The highest BCUT2D eigenvalue weighted by Crippen LogP contribution is 2.28. The molecule has 1 unspecified atom stereocenters. The summed E-state index contributed by atoms with van der Waals surface area (Å²) in [6.45, 7) is 1.55. The van der Waals surface area contributed by atoms with E-state index in [1.54, 1.807) is 6.92 Å². The van der Waals surface area contributed by atoms with Gasteiger partial charge in [-0.1, -0.05) is 17.7 Å². The highest BCUT2D eigenvalue weighted by atomic mass is 35.5. The zero-order chi connectivity index (χ0) is 14.3. The molecule has 0 bridgehead atoms. The number of benzene rings is 2. The minimum atomic E-state index is -0.419. The number of anilines is 1. The number of hydrogen-bond acceptors (Lipinski definition) is 1. The number of aryl methyl sites for hydroxylation is 1. The van der Waals surface area contributed by atoms with E-state index >= 15 is 0 Å². The molecular weight excluding hydrogens is 280 g/mol. The van der Waals surface area contributed by atoms with Gasteiger partial charge in [0.2, 0.25) is 0 Å². The highest BCUT2D eigenvalue weighted by molar-refractivity contribution is 6.30. The summed E-state index contributed by atoms with van der Waals surface area (Å²) in [7, 11) is 0. The van der Waals surface area contributed by atoms with Crippen LogP contribution in [0.2, 0.25) is 5.02 Å². The van der Waals surface area contributed by atoms with E-state index in [-0.39, 0.29) is 11.7 Å². The van der Waals surface area contributed by atoms with Gasteiger partial charge in [-0.05, 0) is 54.7 Å². The molecule has 0 amide bonds. The van der Waals surface area contributed by atoms with E-state index in [4.69, 9.17) is 11.6 Å². The maximum absolute atomic E-state index is 13.8. The van der Waals surface area contributed by atoms with Crippen LogP contribution in [0.15, 0.2) is 30.3 Å². The summed E-state index contributed by atoms with van der Waals surface area (Å²) in [6.07, 6.45) is 1.56. The zero-order valence-corrected chi connectivity index (χ0v) is 11.8. The van der Waals surface area contributed by atoms with E-state index in [1.165, 1.54) is 23.3 Å². The fraction of sp³-hybridized carbons (Fsp3) is 0.250. The third-order valence-corrected chi connectivity index (χ3v) is 3.94. The Kier molecular flexibility index (Phi) is 3.38. The number of hydrogen-bond donors (Lipinski definition) is 1. The van der Waals surface area contributed by atoms with Crippen molar-refractivity contribution in [1.29, 1.82) is 0 Å². The van der Waals surface area contributed by atoms with Gasteiger partial charge in [-0.3, -0.25) is 0 Å². The lowest BCUT2D eigenvalue weighted by Crippen LogP contribution is -2.20. The van der Waals surface area contributed by atoms with Crippen LogP contribution in [0.25, 0.3) is 0 Å². The van der Waals surface area contributed by atoms with Crippen LogP contribution in [0, 0.1) is 18.6 Å². The van der Waals surface area contributed by atoms with Crippen molar-refractivity contribution < 1.29 is 8.78 Å². The molecule has 0 heterocycles. The molecule has 2 aromatic carbocycles. The summed E-state index contributed by atoms with van der Waals surface area (Å²) in [6, 6.07) is 8.29. The second-order valence-electron chi connectivity index (χ2n) is 5.24. The fourth-order valence-corrected chi connectivity index (χ4v) is 2.86. The number of nitrogens with one attached hydrogen (secondary N) is 1. The summed E-state index contributed by atoms with van der Waals surface area (Å²) >= 11 is 5.96. The average Bonchev–Trinajstić information content (AvgIpc) is 2.77. The average molecular weight is 294 g/mol. The molecule has 0 fully saturated rings. The molecule has 20 heavy (non-hydrogen) atoms. The summed E-state index contributed by atoms with van der Waals surface area (Å²) in [5.74, 6) is -0.814. The predicted octanol–water partition coefficient (Wildman–Crippen LogP) is 4.51. The quantitative estimate of drug-likeness (QED) is 0.859. The first-order valence-corrected chi connectivity index (χ1v) is 6.90. The van der Waals surface area contributed by atoms with E-state index < -0.39 is 11.6 Å². The first-order chi connectivity index (χ1) is 9.52. The second-order valence-corrected chi connectivity index (χ2v) is 5.68. The van der Waals surface area contributed by atoms with Gasteiger partial charge in [-0.25, -0.2) is 8.78 Å². The van der Waals surface area contributed by atoms with E-state index in [9.17, 15) is 8.78 Å². The Hall–Kier alpha value is -1.61. The van der Waals surface area contributed by atoms with Gasteiger partial charge in [0.15, 0.2) is 0 Å². The first-order valence-electron chi connectivity index (χ1n) is 6.52. The van der Waals surface area contributed by atoms with Crippen LogP contribution >= 0.6 is 11.6 Å². The van der Waals surface area contributed by atoms with Crippen molar-refractivity contribution in [3.05, 3.63) is 63.7 Å². The number of halogens is 3. The molecule has 2 aromatic rings. The van der Waals surface area contributed by atoms with Crippen molar-refractivity contribution in [3.8, 4) is 0 Å². The van der Waals surface area contributed by atoms with Gasteiger partial charge in [-0.2, -0.15) is 0 Å². The Morgan fingerprint density at radius 3 is 2.60 bits per heavy atom. The van der Waals surface area contributed by atoms with Crippen molar-refractivity contribution in [2.45, 2.75) is 25.8 Å². The van der Waals surface area contributed by atoms with Crippen LogP contribution in [0.3, 0.4) is 0 Å². The lowest BCUT2D eigenvalue weighted by molar-refractivity contribution is 0.591. The summed E-state index contributed by atoms with van der Waals surface area (Å²) in [5, 5.41) is 3.79. The van der Waals surface area contributed by atoms with Crippen molar-refractivity contribution in [3.63, 3.8) is 0 Å². The van der Waals surface area contributed by atoms with Gasteiger partial charge in [0.25, 0.3) is 0 Å². The van der Waals surface area contributed by atoms with Crippen LogP contribution in [0.5, 0.6) is 0 Å². The van der Waals surface area contributed by atoms with Gasteiger partial charge in [0, 0.05) is 17.1 Å². The molecule has 0 aromatic heterocycles. The molecule has 4 heteroatoms. The van der Waals surface area contributed by atoms with Crippen LogP contribution in [0.4, 0.5) is 14.5 Å². The normalized spacial score (nSPS) is 17.1. The van der Waals surface area contributed by atoms with Crippen molar-refractivity contribution in [2.75, 3.05) is 5.32 Å². The zero-order valence-electron chi connectivity index (χ0n) is 11.0. The molecule has 0 spiro atoms. The molecule has 3 rings (SSSR count). The summed E-state index contributed by atoms with van der Waals surface area (Å²) < 4.78 is 27.4. The molecule has 0 saturated carbocycles. The topological polar surface area (TPSA) is 12.0 Å². The minimum absolute atomic E-state index is 0.0695. The van der Waals surface area contributed by atoms with E-state index in [0.29, 0.717) is 10.6 Å².